The van der Waals surface area contributed by atoms with Crippen LogP contribution in [0, 0.1) is 6.92 Å². The quantitative estimate of drug-likeness (QED) is 0.191. The summed E-state index contributed by atoms with van der Waals surface area (Å²) in [5, 5.41) is 0. The van der Waals surface area contributed by atoms with Crippen LogP contribution in [0.2, 0.25) is 0 Å². The molecule has 0 fully saturated rings. The molecule has 0 radical (unpaired) electrons. The number of nitrogens with zero attached hydrogens (tertiary/aromatic N) is 1. The minimum absolute atomic E-state index is 0.178. The molecule has 0 spiro atoms. The maximum absolute atomic E-state index is 10.4. The molecule has 0 saturated carbocycles. The lowest BCUT2D eigenvalue weighted by Crippen LogP contribution is -2.38. The van der Waals surface area contributed by atoms with Gasteiger partial charge in [-0.25, -0.2) is 8.42 Å². The lowest BCUT2D eigenvalue weighted by molar-refractivity contribution is -0.876. The number of unbranched alkanes of at least 4 members (excludes halogenated alkanes) is 5. The summed E-state index contributed by atoms with van der Waals surface area (Å²) in [5.41, 5.74) is 2.00. The highest BCUT2D eigenvalue weighted by atomic mass is 79.9. The molecular formula is C18H32BrNO3S. The normalized spacial score (nSPS) is 11.8. The Kier molecular flexibility index (Phi) is 11.8. The average molecular weight is 422 g/mol. The predicted octanol–water partition coefficient (Wildman–Crippen LogP) is 4.67. The molecule has 0 aliphatic carbocycles. The summed E-state index contributed by atoms with van der Waals surface area (Å²) in [4.78, 5) is -0.178. The van der Waals surface area contributed by atoms with Gasteiger partial charge < -0.3 is 9.04 Å². The standard InChI is InChI=1S/C11H25BrN.C7H8O3S/c1-4-5-6-7-8-9-10-13(2,3)11-12;1-6-2-4-7(5-3-6)11(8,9)10/h4-11H2,1-3H3;2-5H,1H3,(H,8,9,10)/q+1;/p-1. The van der Waals surface area contributed by atoms with Crippen molar-refractivity contribution in [3.63, 3.8) is 0 Å². The van der Waals surface area contributed by atoms with Crippen molar-refractivity contribution in [2.45, 2.75) is 57.3 Å². The fourth-order valence-electron chi connectivity index (χ4n) is 2.08. The molecule has 0 N–H and O–H groups in total. The van der Waals surface area contributed by atoms with E-state index in [1.807, 2.05) is 6.92 Å². The van der Waals surface area contributed by atoms with Gasteiger partial charge in [0.2, 0.25) is 0 Å². The molecule has 24 heavy (non-hydrogen) atoms. The van der Waals surface area contributed by atoms with Crippen LogP contribution in [-0.2, 0) is 10.1 Å². The Hall–Kier alpha value is -0.430. The second-order valence-corrected chi connectivity index (χ2v) is 8.69. The molecule has 0 bridgehead atoms. The lowest BCUT2D eigenvalue weighted by atomic mass is 10.1. The van der Waals surface area contributed by atoms with Crippen molar-refractivity contribution in [3.05, 3.63) is 29.8 Å². The van der Waals surface area contributed by atoms with Gasteiger partial charge in [0.05, 0.1) is 25.5 Å². The molecule has 1 aromatic carbocycles. The Balaban J connectivity index is 0.000000446. The van der Waals surface area contributed by atoms with Crippen molar-refractivity contribution in [1.82, 2.24) is 0 Å². The molecule has 0 aromatic heterocycles. The second-order valence-electron chi connectivity index (χ2n) is 6.81. The van der Waals surface area contributed by atoms with Gasteiger partial charge in [0.25, 0.3) is 0 Å². The number of hydrogen-bond donors (Lipinski definition) is 0. The van der Waals surface area contributed by atoms with Crippen LogP contribution in [0.5, 0.6) is 0 Å². The second kappa shape index (κ2) is 12.0. The topological polar surface area (TPSA) is 57.2 Å². The minimum atomic E-state index is -4.27. The molecule has 0 aliphatic rings. The van der Waals surface area contributed by atoms with Crippen LogP contribution in [-0.4, -0.2) is 43.5 Å². The van der Waals surface area contributed by atoms with Gasteiger partial charge in [-0.1, -0.05) is 50.3 Å². The van der Waals surface area contributed by atoms with Crippen molar-refractivity contribution >= 4 is 26.0 Å². The number of rotatable bonds is 9. The van der Waals surface area contributed by atoms with Crippen molar-refractivity contribution in [2.24, 2.45) is 0 Å². The van der Waals surface area contributed by atoms with Crippen LogP contribution in [0.4, 0.5) is 0 Å². The van der Waals surface area contributed by atoms with E-state index >= 15 is 0 Å². The number of alkyl halides is 1. The fraction of sp³-hybridized carbons (Fsp3) is 0.667. The highest BCUT2D eigenvalue weighted by molar-refractivity contribution is 9.09. The van der Waals surface area contributed by atoms with Gasteiger partial charge >= 0.3 is 0 Å². The zero-order valence-corrected chi connectivity index (χ0v) is 17.8. The van der Waals surface area contributed by atoms with Gasteiger partial charge in [0.15, 0.2) is 0 Å². The maximum atomic E-state index is 10.4. The van der Waals surface area contributed by atoms with E-state index in [1.54, 1.807) is 12.1 Å². The Morgan fingerprint density at radius 1 is 1.00 bits per heavy atom. The van der Waals surface area contributed by atoms with Gasteiger partial charge in [0.1, 0.15) is 15.6 Å². The van der Waals surface area contributed by atoms with Crippen molar-refractivity contribution in [1.29, 1.82) is 0 Å². The number of hydrogen-bond acceptors (Lipinski definition) is 3. The molecule has 140 valence electrons. The van der Waals surface area contributed by atoms with Crippen molar-refractivity contribution < 1.29 is 17.5 Å². The van der Waals surface area contributed by atoms with Crippen molar-refractivity contribution in [2.75, 3.05) is 26.1 Å². The first-order valence-corrected chi connectivity index (χ1v) is 11.1. The van der Waals surface area contributed by atoms with E-state index in [-0.39, 0.29) is 4.90 Å². The van der Waals surface area contributed by atoms with Crippen LogP contribution in [0.1, 0.15) is 51.0 Å². The first kappa shape index (κ1) is 23.6. The molecule has 6 heteroatoms. The van der Waals surface area contributed by atoms with Crippen LogP contribution in [0.15, 0.2) is 29.2 Å². The summed E-state index contributed by atoms with van der Waals surface area (Å²) < 4.78 is 32.3. The fourth-order valence-corrected chi connectivity index (χ4v) is 2.81. The Labute approximate surface area is 156 Å². The summed E-state index contributed by atoms with van der Waals surface area (Å²) in [6.07, 6.45) is 8.41. The largest absolute Gasteiger partial charge is 0.744 e. The van der Waals surface area contributed by atoms with Crippen molar-refractivity contribution in [3.8, 4) is 0 Å². The number of quaternary nitrogens is 1. The summed E-state index contributed by atoms with van der Waals surface area (Å²) in [7, 11) is 0.288. The van der Waals surface area contributed by atoms with Gasteiger partial charge in [-0.2, -0.15) is 0 Å². The molecule has 0 amide bonds. The maximum Gasteiger partial charge on any atom is 0.133 e. The zero-order chi connectivity index (χ0) is 18.6. The zero-order valence-electron chi connectivity index (χ0n) is 15.4. The third kappa shape index (κ3) is 12.0. The van der Waals surface area contributed by atoms with E-state index in [9.17, 15) is 13.0 Å². The third-order valence-corrected chi connectivity index (χ3v) is 5.96. The van der Waals surface area contributed by atoms with Gasteiger partial charge in [-0.05, 0) is 47.8 Å². The Morgan fingerprint density at radius 2 is 1.50 bits per heavy atom. The lowest BCUT2D eigenvalue weighted by Gasteiger charge is -2.26. The molecule has 0 saturated heterocycles. The van der Waals surface area contributed by atoms with E-state index < -0.39 is 10.1 Å². The number of aryl methyl sites for hydroxylation is 1. The predicted molar refractivity (Wildman–Crippen MR) is 103 cm³/mol. The highest BCUT2D eigenvalue weighted by Crippen LogP contribution is 2.09. The highest BCUT2D eigenvalue weighted by Gasteiger charge is 2.10. The van der Waals surface area contributed by atoms with Crippen LogP contribution >= 0.6 is 15.9 Å². The van der Waals surface area contributed by atoms with E-state index in [2.05, 4.69) is 36.9 Å². The van der Waals surface area contributed by atoms with E-state index in [4.69, 9.17) is 0 Å². The molecule has 0 heterocycles. The Bertz CT molecular complexity index is 542. The number of halogens is 1. The third-order valence-electron chi connectivity index (χ3n) is 3.75. The van der Waals surface area contributed by atoms with Gasteiger partial charge in [-0.15, -0.1) is 0 Å². The summed E-state index contributed by atoms with van der Waals surface area (Å²) >= 11 is 3.54. The van der Waals surface area contributed by atoms with E-state index in [1.165, 1.54) is 57.2 Å². The monoisotopic (exact) mass is 421 g/mol. The summed E-state index contributed by atoms with van der Waals surface area (Å²) in [6.45, 7) is 5.39. The summed E-state index contributed by atoms with van der Waals surface area (Å²) in [5.74, 6) is 0. The number of benzene rings is 1. The summed E-state index contributed by atoms with van der Waals surface area (Å²) in [6, 6.07) is 5.78. The molecular weight excluding hydrogens is 390 g/mol. The molecule has 4 nitrogen and oxygen atoms in total. The molecule has 0 atom stereocenters. The first-order valence-electron chi connectivity index (χ1n) is 8.53. The van der Waals surface area contributed by atoms with Gasteiger partial charge in [-0.3, -0.25) is 0 Å². The van der Waals surface area contributed by atoms with Crippen LogP contribution < -0.4 is 0 Å². The SMILES string of the molecule is CCCCCCCC[N+](C)(C)CBr.Cc1ccc(S(=O)(=O)[O-])cc1. The molecule has 0 aliphatic heterocycles. The molecule has 1 rings (SSSR count). The first-order chi connectivity index (χ1) is 11.1. The molecule has 0 unspecified atom stereocenters. The smallest absolute Gasteiger partial charge is 0.133 e. The van der Waals surface area contributed by atoms with Crippen LogP contribution in [0.3, 0.4) is 0 Å². The van der Waals surface area contributed by atoms with Crippen LogP contribution in [0.25, 0.3) is 0 Å². The Morgan fingerprint density at radius 3 is 1.96 bits per heavy atom. The average Bonchev–Trinajstić information content (AvgIpc) is 2.51. The van der Waals surface area contributed by atoms with E-state index in [0.717, 1.165) is 15.5 Å². The van der Waals surface area contributed by atoms with Gasteiger partial charge in [0, 0.05) is 0 Å². The minimum Gasteiger partial charge on any atom is -0.744 e. The van der Waals surface area contributed by atoms with E-state index in [0.29, 0.717) is 0 Å². The molecule has 1 aromatic rings.